The molecule has 26 heavy (non-hydrogen) atoms. The summed E-state index contributed by atoms with van der Waals surface area (Å²) in [4.78, 5) is 23.2. The molecule has 4 rings (SSSR count). The maximum absolute atomic E-state index is 13.1. The van der Waals surface area contributed by atoms with Gasteiger partial charge in [0.15, 0.2) is 0 Å². The first-order chi connectivity index (χ1) is 12.4. The molecule has 0 saturated heterocycles. The normalized spacial score (nSPS) is 17.6. The maximum atomic E-state index is 13.1. The Kier molecular flexibility index (Phi) is 4.14. The molecule has 2 heterocycles. The fraction of sp³-hybridized carbons (Fsp3) is 0.389. The second-order valence-electron chi connectivity index (χ2n) is 6.79. The van der Waals surface area contributed by atoms with E-state index in [0.717, 1.165) is 24.1 Å². The molecular weight excluding hydrogens is 352 g/mol. The van der Waals surface area contributed by atoms with Crippen LogP contribution in [0, 0.1) is 0 Å². The molecule has 1 aliphatic heterocycles. The largest absolute Gasteiger partial charge is 0.332 e. The van der Waals surface area contributed by atoms with Gasteiger partial charge in [0, 0.05) is 25.2 Å². The lowest BCUT2D eigenvalue weighted by molar-refractivity contribution is 0.0750. The van der Waals surface area contributed by atoms with Crippen LogP contribution < -0.4 is 4.31 Å². The van der Waals surface area contributed by atoms with Crippen LogP contribution in [0.2, 0.25) is 0 Å². The molecule has 0 unspecified atom stereocenters. The number of benzene rings is 1. The van der Waals surface area contributed by atoms with E-state index in [9.17, 15) is 13.2 Å². The number of aromatic nitrogens is 2. The van der Waals surface area contributed by atoms with Gasteiger partial charge in [-0.1, -0.05) is 18.2 Å². The standard InChI is InChI=1S/C18H20N4O3S/c1-26(24,25)22-9-8-21(11-14-4-2-3-5-16(14)22)18(23)15-10-19-12-20-17(15)13-6-7-13/h2-5,10,12-13H,6-9,11H2,1H3. The van der Waals surface area contributed by atoms with Crippen LogP contribution in [0.15, 0.2) is 36.8 Å². The number of anilines is 1. The molecule has 0 radical (unpaired) electrons. The zero-order chi connectivity index (χ0) is 18.3. The van der Waals surface area contributed by atoms with Crippen LogP contribution in [-0.2, 0) is 16.6 Å². The lowest BCUT2D eigenvalue weighted by Gasteiger charge is -2.23. The number of amides is 1. The Morgan fingerprint density at radius 2 is 1.96 bits per heavy atom. The van der Waals surface area contributed by atoms with Gasteiger partial charge in [0.1, 0.15) is 6.33 Å². The molecule has 1 saturated carbocycles. The quantitative estimate of drug-likeness (QED) is 0.820. The van der Waals surface area contributed by atoms with E-state index >= 15 is 0 Å². The smallest absolute Gasteiger partial charge is 0.257 e. The third-order valence-corrected chi connectivity index (χ3v) is 6.00. The molecule has 2 aromatic rings. The average Bonchev–Trinajstić information content (AvgIpc) is 3.46. The fourth-order valence-electron chi connectivity index (χ4n) is 3.38. The van der Waals surface area contributed by atoms with Gasteiger partial charge in [0.05, 0.1) is 29.7 Å². The highest BCUT2D eigenvalue weighted by Crippen LogP contribution is 2.40. The van der Waals surface area contributed by atoms with E-state index < -0.39 is 10.0 Å². The van der Waals surface area contributed by atoms with Gasteiger partial charge in [-0.3, -0.25) is 9.10 Å². The van der Waals surface area contributed by atoms with Crippen LogP contribution in [-0.4, -0.2) is 48.5 Å². The highest BCUT2D eigenvalue weighted by atomic mass is 32.2. The first-order valence-electron chi connectivity index (χ1n) is 8.60. The number of sulfonamides is 1. The van der Waals surface area contributed by atoms with Crippen LogP contribution >= 0.6 is 0 Å². The van der Waals surface area contributed by atoms with Crippen molar-refractivity contribution >= 4 is 21.6 Å². The first kappa shape index (κ1) is 17.0. The lowest BCUT2D eigenvalue weighted by atomic mass is 10.1. The van der Waals surface area contributed by atoms with Crippen LogP contribution in [0.5, 0.6) is 0 Å². The molecule has 1 aliphatic carbocycles. The van der Waals surface area contributed by atoms with Crippen LogP contribution in [0.3, 0.4) is 0 Å². The summed E-state index contributed by atoms with van der Waals surface area (Å²) in [6.45, 7) is 0.910. The van der Waals surface area contributed by atoms with E-state index in [-0.39, 0.29) is 12.5 Å². The number of para-hydroxylation sites is 1. The van der Waals surface area contributed by atoms with Crippen molar-refractivity contribution < 1.29 is 13.2 Å². The molecule has 1 aromatic carbocycles. The molecule has 1 fully saturated rings. The monoisotopic (exact) mass is 372 g/mol. The van der Waals surface area contributed by atoms with Crippen LogP contribution in [0.25, 0.3) is 0 Å². The molecule has 8 heteroatoms. The van der Waals surface area contributed by atoms with E-state index in [4.69, 9.17) is 0 Å². The number of hydrogen-bond acceptors (Lipinski definition) is 5. The highest BCUT2D eigenvalue weighted by Gasteiger charge is 2.33. The Hall–Kier alpha value is -2.48. The lowest BCUT2D eigenvalue weighted by Crippen LogP contribution is -2.38. The van der Waals surface area contributed by atoms with Gasteiger partial charge in [-0.25, -0.2) is 18.4 Å². The topological polar surface area (TPSA) is 83.5 Å². The summed E-state index contributed by atoms with van der Waals surface area (Å²) in [7, 11) is -3.42. The van der Waals surface area contributed by atoms with Gasteiger partial charge in [0.2, 0.25) is 10.0 Å². The predicted molar refractivity (Wildman–Crippen MR) is 97.4 cm³/mol. The number of nitrogens with zero attached hydrogens (tertiary/aromatic N) is 4. The van der Waals surface area contributed by atoms with Crippen molar-refractivity contribution in [2.45, 2.75) is 25.3 Å². The van der Waals surface area contributed by atoms with Gasteiger partial charge in [0.25, 0.3) is 5.91 Å². The summed E-state index contributed by atoms with van der Waals surface area (Å²) >= 11 is 0. The zero-order valence-corrected chi connectivity index (χ0v) is 15.3. The van der Waals surface area contributed by atoms with E-state index in [2.05, 4.69) is 9.97 Å². The summed E-state index contributed by atoms with van der Waals surface area (Å²) in [6, 6.07) is 7.31. The van der Waals surface area contributed by atoms with Gasteiger partial charge in [-0.05, 0) is 24.5 Å². The van der Waals surface area contributed by atoms with Crippen molar-refractivity contribution in [3.63, 3.8) is 0 Å². The number of carbonyl (C=O) groups excluding carboxylic acids is 1. The zero-order valence-electron chi connectivity index (χ0n) is 14.5. The van der Waals surface area contributed by atoms with E-state index in [1.807, 2.05) is 18.2 Å². The van der Waals surface area contributed by atoms with Gasteiger partial charge >= 0.3 is 0 Å². The van der Waals surface area contributed by atoms with Crippen LogP contribution in [0.1, 0.15) is 40.4 Å². The number of fused-ring (bicyclic) bond motifs is 1. The molecule has 136 valence electrons. The number of rotatable bonds is 3. The minimum Gasteiger partial charge on any atom is -0.332 e. The van der Waals surface area contributed by atoms with Crippen molar-refractivity contribution in [2.75, 3.05) is 23.7 Å². The SMILES string of the molecule is CS(=O)(=O)N1CCN(C(=O)c2cncnc2C2CC2)Cc2ccccc21. The fourth-order valence-corrected chi connectivity index (χ4v) is 4.33. The Morgan fingerprint density at radius 3 is 2.69 bits per heavy atom. The average molecular weight is 372 g/mol. The molecular formula is C18H20N4O3S. The van der Waals surface area contributed by atoms with Crippen molar-refractivity contribution in [3.05, 3.63) is 53.6 Å². The van der Waals surface area contributed by atoms with Gasteiger partial charge in [-0.2, -0.15) is 0 Å². The summed E-state index contributed by atoms with van der Waals surface area (Å²) in [6.07, 6.45) is 6.34. The molecule has 0 N–H and O–H groups in total. The summed E-state index contributed by atoms with van der Waals surface area (Å²) in [5.74, 6) is 0.196. The summed E-state index contributed by atoms with van der Waals surface area (Å²) in [5, 5.41) is 0. The molecule has 0 bridgehead atoms. The number of hydrogen-bond donors (Lipinski definition) is 0. The Balaban J connectivity index is 1.69. The molecule has 1 amide bonds. The first-order valence-corrected chi connectivity index (χ1v) is 10.4. The Bertz CT molecular complexity index is 956. The van der Waals surface area contributed by atoms with Crippen LogP contribution in [0.4, 0.5) is 5.69 Å². The Morgan fingerprint density at radius 1 is 1.19 bits per heavy atom. The van der Waals surface area contributed by atoms with Crippen molar-refractivity contribution in [1.29, 1.82) is 0 Å². The molecule has 7 nitrogen and oxygen atoms in total. The van der Waals surface area contributed by atoms with E-state index in [1.54, 1.807) is 17.2 Å². The molecule has 2 aliphatic rings. The second kappa shape index (κ2) is 6.35. The minimum absolute atomic E-state index is 0.141. The third-order valence-electron chi connectivity index (χ3n) is 4.82. The summed E-state index contributed by atoms with van der Waals surface area (Å²) < 4.78 is 25.8. The summed E-state index contributed by atoms with van der Waals surface area (Å²) in [5.41, 5.74) is 2.79. The molecule has 0 atom stereocenters. The van der Waals surface area contributed by atoms with Gasteiger partial charge < -0.3 is 4.90 Å². The van der Waals surface area contributed by atoms with E-state index in [0.29, 0.717) is 30.3 Å². The Labute approximate surface area is 152 Å². The number of carbonyl (C=O) groups is 1. The van der Waals surface area contributed by atoms with Crippen molar-refractivity contribution in [1.82, 2.24) is 14.9 Å². The minimum atomic E-state index is -3.42. The maximum Gasteiger partial charge on any atom is 0.257 e. The van der Waals surface area contributed by atoms with Gasteiger partial charge in [-0.15, -0.1) is 0 Å². The second-order valence-corrected chi connectivity index (χ2v) is 8.69. The predicted octanol–water partition coefficient (Wildman–Crippen LogP) is 1.78. The van der Waals surface area contributed by atoms with Crippen molar-refractivity contribution in [2.24, 2.45) is 0 Å². The molecule has 0 spiro atoms. The van der Waals surface area contributed by atoms with Crippen molar-refractivity contribution in [3.8, 4) is 0 Å². The van der Waals surface area contributed by atoms with E-state index in [1.165, 1.54) is 16.9 Å². The molecule has 1 aromatic heterocycles. The highest BCUT2D eigenvalue weighted by molar-refractivity contribution is 7.92. The third kappa shape index (κ3) is 3.16.